The van der Waals surface area contributed by atoms with Gasteiger partial charge in [-0.3, -0.25) is 4.79 Å². The fourth-order valence-corrected chi connectivity index (χ4v) is 3.66. The van der Waals surface area contributed by atoms with Crippen molar-refractivity contribution in [1.82, 2.24) is 15.5 Å². The highest BCUT2D eigenvalue weighted by molar-refractivity contribution is 5.93. The van der Waals surface area contributed by atoms with Crippen LogP contribution in [0.1, 0.15) is 59.5 Å². The summed E-state index contributed by atoms with van der Waals surface area (Å²) in [5, 5.41) is 6.97. The van der Waals surface area contributed by atoms with E-state index in [1.807, 2.05) is 18.3 Å². The molecule has 0 unspecified atom stereocenters. The number of carbonyl (C=O) groups excluding carboxylic acids is 1. The number of piperidine rings is 1. The van der Waals surface area contributed by atoms with E-state index in [9.17, 15) is 4.79 Å². The zero-order chi connectivity index (χ0) is 17.1. The van der Waals surface area contributed by atoms with Crippen molar-refractivity contribution >= 4 is 11.7 Å². The molecule has 2 aromatic rings. The molecule has 1 amide bonds. The number of fused-ring (bicyclic) bond motifs is 1. The summed E-state index contributed by atoms with van der Waals surface area (Å²) >= 11 is 0. The first kappa shape index (κ1) is 16.1. The maximum Gasteiger partial charge on any atom is 0.290 e. The summed E-state index contributed by atoms with van der Waals surface area (Å²) in [6, 6.07) is 4.08. The number of hydrogen-bond donors (Lipinski definition) is 1. The van der Waals surface area contributed by atoms with Gasteiger partial charge in [0, 0.05) is 31.4 Å². The number of hydrogen-bond acceptors (Lipinski definition) is 5. The number of nitrogens with one attached hydrogen (secondary N) is 1. The van der Waals surface area contributed by atoms with Crippen LogP contribution >= 0.6 is 0 Å². The Labute approximate surface area is 147 Å². The van der Waals surface area contributed by atoms with Gasteiger partial charge in [0.05, 0.1) is 5.69 Å². The summed E-state index contributed by atoms with van der Waals surface area (Å²) in [4.78, 5) is 19.3. The van der Waals surface area contributed by atoms with E-state index in [0.717, 1.165) is 61.4 Å². The molecule has 2 aliphatic rings. The van der Waals surface area contributed by atoms with Crippen LogP contribution in [-0.4, -0.2) is 29.1 Å². The number of rotatable bonds is 4. The molecular weight excluding hydrogens is 316 g/mol. The first-order valence-corrected chi connectivity index (χ1v) is 9.27. The number of pyridine rings is 1. The average molecular weight is 340 g/mol. The standard InChI is InChI=1S/C19H24N4O2/c24-19(18-15-6-2-3-7-16(15)22-25-18)21-13-14-8-9-17(20-12-14)23-10-4-1-5-11-23/h8-9,12H,1-7,10-11,13H2,(H,21,24). The normalized spacial score (nSPS) is 17.2. The molecule has 4 rings (SSSR count). The largest absolute Gasteiger partial charge is 0.357 e. The molecule has 1 fully saturated rings. The van der Waals surface area contributed by atoms with E-state index in [2.05, 4.69) is 20.4 Å². The van der Waals surface area contributed by atoms with Crippen LogP contribution in [0, 0.1) is 0 Å². The lowest BCUT2D eigenvalue weighted by Gasteiger charge is -2.27. The Hall–Kier alpha value is -2.37. The van der Waals surface area contributed by atoms with Crippen LogP contribution in [0.25, 0.3) is 0 Å². The second kappa shape index (κ2) is 7.25. The van der Waals surface area contributed by atoms with Gasteiger partial charge in [-0.25, -0.2) is 4.98 Å². The Morgan fingerprint density at radius 2 is 1.96 bits per heavy atom. The second-order valence-electron chi connectivity index (χ2n) is 6.90. The van der Waals surface area contributed by atoms with E-state index in [1.54, 1.807) is 0 Å². The molecule has 2 aromatic heterocycles. The van der Waals surface area contributed by atoms with Crippen molar-refractivity contribution in [2.75, 3.05) is 18.0 Å². The molecule has 3 heterocycles. The molecule has 0 spiro atoms. The Morgan fingerprint density at radius 3 is 2.76 bits per heavy atom. The Morgan fingerprint density at radius 1 is 1.12 bits per heavy atom. The third-order valence-corrected chi connectivity index (χ3v) is 5.11. The molecule has 6 heteroatoms. The molecule has 0 atom stereocenters. The predicted molar refractivity (Wildman–Crippen MR) is 94.6 cm³/mol. The third-order valence-electron chi connectivity index (χ3n) is 5.11. The number of nitrogens with zero attached hydrogens (tertiary/aromatic N) is 3. The smallest absolute Gasteiger partial charge is 0.290 e. The van der Waals surface area contributed by atoms with Crippen LogP contribution < -0.4 is 10.2 Å². The van der Waals surface area contributed by atoms with E-state index in [1.165, 1.54) is 19.3 Å². The third kappa shape index (κ3) is 3.52. The van der Waals surface area contributed by atoms with Crippen LogP contribution in [0.4, 0.5) is 5.82 Å². The van der Waals surface area contributed by atoms with E-state index in [4.69, 9.17) is 4.52 Å². The van der Waals surface area contributed by atoms with E-state index >= 15 is 0 Å². The first-order valence-electron chi connectivity index (χ1n) is 9.27. The van der Waals surface area contributed by atoms with Gasteiger partial charge < -0.3 is 14.7 Å². The predicted octanol–water partition coefficient (Wildman–Crippen LogP) is 2.87. The summed E-state index contributed by atoms with van der Waals surface area (Å²) < 4.78 is 5.28. The maximum atomic E-state index is 12.4. The number of amides is 1. The molecule has 132 valence electrons. The van der Waals surface area contributed by atoms with Crippen LogP contribution in [-0.2, 0) is 19.4 Å². The zero-order valence-electron chi connectivity index (χ0n) is 14.5. The number of carbonyl (C=O) groups is 1. The van der Waals surface area contributed by atoms with Gasteiger partial charge in [0.25, 0.3) is 5.91 Å². The molecule has 25 heavy (non-hydrogen) atoms. The van der Waals surface area contributed by atoms with Crippen molar-refractivity contribution in [3.05, 3.63) is 40.9 Å². The lowest BCUT2D eigenvalue weighted by atomic mass is 9.96. The minimum Gasteiger partial charge on any atom is -0.357 e. The van der Waals surface area contributed by atoms with Gasteiger partial charge in [0.15, 0.2) is 0 Å². The molecule has 0 aromatic carbocycles. The molecule has 0 saturated carbocycles. The van der Waals surface area contributed by atoms with Gasteiger partial charge in [-0.2, -0.15) is 0 Å². The molecule has 0 bridgehead atoms. The molecule has 1 saturated heterocycles. The molecule has 1 aliphatic carbocycles. The zero-order valence-corrected chi connectivity index (χ0v) is 14.5. The van der Waals surface area contributed by atoms with Crippen LogP contribution in [0.2, 0.25) is 0 Å². The molecule has 6 nitrogen and oxygen atoms in total. The lowest BCUT2D eigenvalue weighted by molar-refractivity contribution is 0.0912. The van der Waals surface area contributed by atoms with Gasteiger partial charge in [0.2, 0.25) is 5.76 Å². The summed E-state index contributed by atoms with van der Waals surface area (Å²) in [6.07, 6.45) is 9.64. The highest BCUT2D eigenvalue weighted by Gasteiger charge is 2.24. The fourth-order valence-electron chi connectivity index (χ4n) is 3.66. The van der Waals surface area contributed by atoms with Crippen molar-refractivity contribution < 1.29 is 9.32 Å². The van der Waals surface area contributed by atoms with Crippen LogP contribution in [0.5, 0.6) is 0 Å². The van der Waals surface area contributed by atoms with Gasteiger partial charge in [-0.1, -0.05) is 11.2 Å². The minimum atomic E-state index is -0.184. The SMILES string of the molecule is O=C(NCc1ccc(N2CCCCC2)nc1)c1onc2c1CCCC2. The van der Waals surface area contributed by atoms with Crippen molar-refractivity contribution in [1.29, 1.82) is 0 Å². The number of anilines is 1. The van der Waals surface area contributed by atoms with Gasteiger partial charge in [-0.15, -0.1) is 0 Å². The summed E-state index contributed by atoms with van der Waals surface area (Å²) in [5.74, 6) is 1.22. The van der Waals surface area contributed by atoms with Crippen molar-refractivity contribution in [3.8, 4) is 0 Å². The minimum absolute atomic E-state index is 0.184. The van der Waals surface area contributed by atoms with Gasteiger partial charge in [-0.05, 0) is 56.6 Å². The van der Waals surface area contributed by atoms with Crippen molar-refractivity contribution in [2.45, 2.75) is 51.5 Å². The molecular formula is C19H24N4O2. The lowest BCUT2D eigenvalue weighted by Crippen LogP contribution is -2.30. The van der Waals surface area contributed by atoms with Crippen molar-refractivity contribution in [3.63, 3.8) is 0 Å². The molecule has 1 aliphatic heterocycles. The summed E-state index contributed by atoms with van der Waals surface area (Å²) in [7, 11) is 0. The Kier molecular flexibility index (Phi) is 4.68. The van der Waals surface area contributed by atoms with Crippen LogP contribution in [0.15, 0.2) is 22.9 Å². The quantitative estimate of drug-likeness (QED) is 0.927. The Balaban J connectivity index is 1.36. The highest BCUT2D eigenvalue weighted by Crippen LogP contribution is 2.24. The molecule has 1 N–H and O–H groups in total. The van der Waals surface area contributed by atoms with E-state index in [-0.39, 0.29) is 5.91 Å². The number of aromatic nitrogens is 2. The average Bonchev–Trinajstić information content (AvgIpc) is 3.11. The van der Waals surface area contributed by atoms with E-state index < -0.39 is 0 Å². The van der Waals surface area contributed by atoms with Crippen molar-refractivity contribution in [2.24, 2.45) is 0 Å². The highest BCUT2D eigenvalue weighted by atomic mass is 16.5. The maximum absolute atomic E-state index is 12.4. The fraction of sp³-hybridized carbons (Fsp3) is 0.526. The number of aryl methyl sites for hydroxylation is 1. The summed E-state index contributed by atoms with van der Waals surface area (Å²) in [6.45, 7) is 2.61. The van der Waals surface area contributed by atoms with Gasteiger partial charge in [0.1, 0.15) is 5.82 Å². The Bertz CT molecular complexity index is 732. The van der Waals surface area contributed by atoms with E-state index in [0.29, 0.717) is 12.3 Å². The molecule has 0 radical (unpaired) electrons. The second-order valence-corrected chi connectivity index (χ2v) is 6.90. The summed E-state index contributed by atoms with van der Waals surface area (Å²) in [5.41, 5.74) is 2.92. The monoisotopic (exact) mass is 340 g/mol. The first-order chi connectivity index (χ1) is 12.3. The van der Waals surface area contributed by atoms with Crippen LogP contribution in [0.3, 0.4) is 0 Å². The topological polar surface area (TPSA) is 71.3 Å². The van der Waals surface area contributed by atoms with Gasteiger partial charge >= 0.3 is 0 Å².